The molecule has 4 heteroatoms. The lowest BCUT2D eigenvalue weighted by Gasteiger charge is -2.31. The summed E-state index contributed by atoms with van der Waals surface area (Å²) in [5.41, 5.74) is 2.41. The van der Waals surface area contributed by atoms with E-state index >= 15 is 0 Å². The topological polar surface area (TPSA) is 29.1 Å². The van der Waals surface area contributed by atoms with E-state index in [1.165, 1.54) is 5.56 Å². The van der Waals surface area contributed by atoms with Gasteiger partial charge >= 0.3 is 0 Å². The van der Waals surface area contributed by atoms with Crippen LogP contribution in [0.15, 0.2) is 18.2 Å². The number of halogens is 1. The van der Waals surface area contributed by atoms with Gasteiger partial charge in [0.15, 0.2) is 0 Å². The smallest absolute Gasteiger partial charge is 0.123 e. The van der Waals surface area contributed by atoms with Gasteiger partial charge in [0.1, 0.15) is 5.82 Å². The Morgan fingerprint density at radius 1 is 1.33 bits per heavy atom. The molecule has 0 radical (unpaired) electrons. The lowest BCUT2D eigenvalue weighted by atomic mass is 9.93. The SMILES string of the molecule is CC[S@](=O)[C@@H]1CCC[C@@H](N[C@H]2CCc3ccc(F)cc32)C1. The highest BCUT2D eigenvalue weighted by molar-refractivity contribution is 7.85. The molecule has 2 aliphatic rings. The molecular formula is C17H24FNOS. The molecule has 3 rings (SSSR count). The zero-order valence-electron chi connectivity index (χ0n) is 12.6. The molecule has 0 aromatic heterocycles. The van der Waals surface area contributed by atoms with Gasteiger partial charge in [0, 0.05) is 33.9 Å². The zero-order valence-corrected chi connectivity index (χ0v) is 13.4. The van der Waals surface area contributed by atoms with Crippen molar-refractivity contribution in [2.45, 2.75) is 62.8 Å². The van der Waals surface area contributed by atoms with Gasteiger partial charge in [-0.1, -0.05) is 19.4 Å². The molecule has 1 fully saturated rings. The Morgan fingerprint density at radius 2 is 2.19 bits per heavy atom. The van der Waals surface area contributed by atoms with E-state index in [1.54, 1.807) is 12.1 Å². The molecular weight excluding hydrogens is 285 g/mol. The molecule has 21 heavy (non-hydrogen) atoms. The monoisotopic (exact) mass is 309 g/mol. The summed E-state index contributed by atoms with van der Waals surface area (Å²) in [6.07, 6.45) is 6.48. The van der Waals surface area contributed by atoms with E-state index in [0.717, 1.165) is 49.8 Å². The minimum atomic E-state index is -0.686. The van der Waals surface area contributed by atoms with Gasteiger partial charge in [0.25, 0.3) is 0 Å². The summed E-state index contributed by atoms with van der Waals surface area (Å²) in [4.78, 5) is 0. The van der Waals surface area contributed by atoms with Crippen LogP contribution < -0.4 is 5.32 Å². The van der Waals surface area contributed by atoms with Crippen LogP contribution in [0.5, 0.6) is 0 Å². The van der Waals surface area contributed by atoms with Gasteiger partial charge < -0.3 is 5.32 Å². The number of hydrogen-bond acceptors (Lipinski definition) is 2. The lowest BCUT2D eigenvalue weighted by molar-refractivity contribution is 0.340. The first-order valence-corrected chi connectivity index (χ1v) is 9.47. The van der Waals surface area contributed by atoms with Gasteiger partial charge in [0.05, 0.1) is 0 Å². The van der Waals surface area contributed by atoms with E-state index < -0.39 is 10.8 Å². The van der Waals surface area contributed by atoms with Crippen LogP contribution in [0.25, 0.3) is 0 Å². The molecule has 1 saturated carbocycles. The van der Waals surface area contributed by atoms with Crippen LogP contribution in [-0.4, -0.2) is 21.3 Å². The van der Waals surface area contributed by atoms with Gasteiger partial charge in [-0.3, -0.25) is 4.21 Å². The maximum Gasteiger partial charge on any atom is 0.123 e. The second-order valence-corrected chi connectivity index (χ2v) is 8.26. The first-order valence-electron chi connectivity index (χ1n) is 8.09. The predicted octanol–water partition coefficient (Wildman–Crippen LogP) is 3.48. The van der Waals surface area contributed by atoms with Crippen molar-refractivity contribution in [3.05, 3.63) is 35.1 Å². The molecule has 0 heterocycles. The third-order valence-corrected chi connectivity index (χ3v) is 6.65. The third kappa shape index (κ3) is 3.37. The summed E-state index contributed by atoms with van der Waals surface area (Å²) in [6, 6.07) is 5.86. The number of aryl methyl sites for hydroxylation is 1. The zero-order chi connectivity index (χ0) is 14.8. The van der Waals surface area contributed by atoms with Crippen molar-refractivity contribution in [1.82, 2.24) is 5.32 Å². The van der Waals surface area contributed by atoms with E-state index in [0.29, 0.717) is 11.3 Å². The van der Waals surface area contributed by atoms with Crippen LogP contribution in [0, 0.1) is 5.82 Å². The number of nitrogens with one attached hydrogen (secondary N) is 1. The summed E-state index contributed by atoms with van der Waals surface area (Å²) in [7, 11) is -0.686. The Kier molecular flexibility index (Phi) is 4.75. The van der Waals surface area contributed by atoms with Crippen molar-refractivity contribution < 1.29 is 8.60 Å². The minimum Gasteiger partial charge on any atom is -0.307 e. The van der Waals surface area contributed by atoms with Crippen molar-refractivity contribution >= 4 is 10.8 Å². The molecule has 116 valence electrons. The van der Waals surface area contributed by atoms with E-state index in [-0.39, 0.29) is 11.9 Å². The number of rotatable bonds is 4. The molecule has 2 aliphatic carbocycles. The van der Waals surface area contributed by atoms with Crippen LogP contribution >= 0.6 is 0 Å². The van der Waals surface area contributed by atoms with E-state index in [4.69, 9.17) is 0 Å². The standard InChI is InChI=1S/C17H24FNOS/c1-2-21(20)15-5-3-4-14(11-15)19-17-9-7-12-6-8-13(18)10-16(12)17/h6,8,10,14-15,17,19H,2-5,7,9,11H2,1H3/t14-,15-,17+,21+/m1/s1. The molecule has 0 bridgehead atoms. The average molecular weight is 309 g/mol. The van der Waals surface area contributed by atoms with Gasteiger partial charge in [-0.2, -0.15) is 0 Å². The van der Waals surface area contributed by atoms with Crippen molar-refractivity contribution in [3.63, 3.8) is 0 Å². The fourth-order valence-electron chi connectivity index (χ4n) is 3.80. The summed E-state index contributed by atoms with van der Waals surface area (Å²) in [5, 5.41) is 4.05. The first-order chi connectivity index (χ1) is 10.2. The van der Waals surface area contributed by atoms with Gasteiger partial charge in [-0.15, -0.1) is 0 Å². The second-order valence-electron chi connectivity index (χ2n) is 6.26. The molecule has 1 aromatic carbocycles. The summed E-state index contributed by atoms with van der Waals surface area (Å²) in [5.74, 6) is 0.616. The van der Waals surface area contributed by atoms with Crippen LogP contribution in [0.4, 0.5) is 4.39 Å². The number of benzene rings is 1. The molecule has 0 unspecified atom stereocenters. The maximum absolute atomic E-state index is 13.5. The fraction of sp³-hybridized carbons (Fsp3) is 0.647. The molecule has 1 N–H and O–H groups in total. The second kappa shape index (κ2) is 6.57. The number of hydrogen-bond donors (Lipinski definition) is 1. The lowest BCUT2D eigenvalue weighted by Crippen LogP contribution is -2.39. The Hall–Kier alpha value is -0.740. The Morgan fingerprint density at radius 3 is 3.00 bits per heavy atom. The van der Waals surface area contributed by atoms with Crippen LogP contribution in [-0.2, 0) is 17.2 Å². The summed E-state index contributed by atoms with van der Waals surface area (Å²) >= 11 is 0. The molecule has 0 amide bonds. The Balaban J connectivity index is 1.65. The summed E-state index contributed by atoms with van der Waals surface area (Å²) < 4.78 is 25.5. The normalized spacial score (nSPS) is 30.1. The first kappa shape index (κ1) is 15.2. The Bertz CT molecular complexity index is 534. The van der Waals surface area contributed by atoms with Crippen LogP contribution in [0.1, 0.15) is 56.2 Å². The highest BCUT2D eigenvalue weighted by Gasteiger charge is 2.29. The fourth-order valence-corrected chi connectivity index (χ4v) is 5.15. The van der Waals surface area contributed by atoms with Crippen LogP contribution in [0.3, 0.4) is 0 Å². The molecule has 0 aliphatic heterocycles. The number of fused-ring (bicyclic) bond motifs is 1. The van der Waals surface area contributed by atoms with Crippen molar-refractivity contribution in [3.8, 4) is 0 Å². The highest BCUT2D eigenvalue weighted by atomic mass is 32.2. The molecule has 0 saturated heterocycles. The van der Waals surface area contributed by atoms with E-state index in [2.05, 4.69) is 5.32 Å². The minimum absolute atomic E-state index is 0.143. The molecule has 1 aromatic rings. The Labute approximate surface area is 129 Å². The van der Waals surface area contributed by atoms with E-state index in [1.807, 2.05) is 13.0 Å². The molecule has 4 atom stereocenters. The van der Waals surface area contributed by atoms with Crippen molar-refractivity contribution in [2.75, 3.05) is 5.75 Å². The van der Waals surface area contributed by atoms with Crippen LogP contribution in [0.2, 0.25) is 0 Å². The predicted molar refractivity (Wildman–Crippen MR) is 85.3 cm³/mol. The van der Waals surface area contributed by atoms with Gasteiger partial charge in [-0.05, 0) is 55.4 Å². The quantitative estimate of drug-likeness (QED) is 0.922. The molecule has 0 spiro atoms. The molecule has 2 nitrogen and oxygen atoms in total. The van der Waals surface area contributed by atoms with Gasteiger partial charge in [-0.25, -0.2) is 4.39 Å². The van der Waals surface area contributed by atoms with Gasteiger partial charge in [0.2, 0.25) is 0 Å². The summed E-state index contributed by atoms with van der Waals surface area (Å²) in [6.45, 7) is 2.00. The third-order valence-electron chi connectivity index (χ3n) is 4.90. The maximum atomic E-state index is 13.5. The van der Waals surface area contributed by atoms with Crippen molar-refractivity contribution in [1.29, 1.82) is 0 Å². The van der Waals surface area contributed by atoms with Crippen molar-refractivity contribution in [2.24, 2.45) is 0 Å². The highest BCUT2D eigenvalue weighted by Crippen LogP contribution is 2.34. The average Bonchev–Trinajstić information content (AvgIpc) is 2.89. The van der Waals surface area contributed by atoms with E-state index in [9.17, 15) is 8.60 Å². The largest absolute Gasteiger partial charge is 0.307 e.